The number of halogens is 2. The number of aliphatic imine (C=N–C) groups is 2. The summed E-state index contributed by atoms with van der Waals surface area (Å²) in [5.74, 6) is -0.706. The van der Waals surface area contributed by atoms with Gasteiger partial charge in [-0.3, -0.25) is 0 Å². The summed E-state index contributed by atoms with van der Waals surface area (Å²) in [7, 11) is 0. The van der Waals surface area contributed by atoms with Crippen molar-refractivity contribution < 1.29 is 38.5 Å². The van der Waals surface area contributed by atoms with Crippen molar-refractivity contribution in [1.82, 2.24) is 9.97 Å². The van der Waals surface area contributed by atoms with E-state index in [4.69, 9.17) is 0 Å². The van der Waals surface area contributed by atoms with Crippen LogP contribution in [0.4, 0.5) is 19.0 Å². The van der Waals surface area contributed by atoms with Crippen LogP contribution in [-0.4, -0.2) is 22.4 Å². The second kappa shape index (κ2) is 16.0. The fourth-order valence-electron chi connectivity index (χ4n) is 5.21. The van der Waals surface area contributed by atoms with Gasteiger partial charge in [-0.25, -0.2) is 28.7 Å². The van der Waals surface area contributed by atoms with Crippen LogP contribution >= 0.6 is 22.7 Å². The fourth-order valence-corrected chi connectivity index (χ4v) is 6.55. The second-order valence-corrected chi connectivity index (χ2v) is 12.6. The van der Waals surface area contributed by atoms with Crippen LogP contribution in [0.5, 0.6) is 11.5 Å². The Kier molecular flexibility index (Phi) is 11.1. The Morgan fingerprint density at radius 3 is 1.31 bits per heavy atom. The van der Waals surface area contributed by atoms with Crippen molar-refractivity contribution in [1.29, 1.82) is 0 Å². The number of thiazole rings is 2. The number of hydrogen-bond acceptors (Lipinski definition) is 8. The molecule has 0 radical (unpaired) electrons. The summed E-state index contributed by atoms with van der Waals surface area (Å²) < 4.78 is 26.0. The van der Waals surface area contributed by atoms with Crippen molar-refractivity contribution in [3.63, 3.8) is 0 Å². The zero-order valence-electron chi connectivity index (χ0n) is 26.7. The van der Waals surface area contributed by atoms with E-state index in [1.54, 1.807) is 48.8 Å². The molecular formula is C40H24F2N4O2S2Zn. The number of benzene rings is 6. The van der Waals surface area contributed by atoms with Gasteiger partial charge < -0.3 is 10.2 Å². The third-order valence-electron chi connectivity index (χ3n) is 7.73. The van der Waals surface area contributed by atoms with Crippen LogP contribution in [0.1, 0.15) is 11.1 Å². The smallest absolute Gasteiger partial charge is 0.872 e. The number of nitrogens with zero attached hydrogens (tertiary/aromatic N) is 4. The van der Waals surface area contributed by atoms with E-state index in [0.717, 1.165) is 44.1 Å². The van der Waals surface area contributed by atoms with Gasteiger partial charge >= 0.3 is 19.5 Å². The van der Waals surface area contributed by atoms with Gasteiger partial charge in [0.2, 0.25) is 10.3 Å². The zero-order valence-corrected chi connectivity index (χ0v) is 31.3. The van der Waals surface area contributed by atoms with Crippen molar-refractivity contribution in [2.75, 3.05) is 0 Å². The number of hydrogen-bond donors (Lipinski definition) is 0. The summed E-state index contributed by atoms with van der Waals surface area (Å²) in [6.45, 7) is 0. The van der Waals surface area contributed by atoms with Crippen molar-refractivity contribution >= 4 is 66.9 Å². The minimum atomic E-state index is -0.281. The molecule has 6 nitrogen and oxygen atoms in total. The van der Waals surface area contributed by atoms with E-state index in [9.17, 15) is 19.0 Å². The molecule has 8 rings (SSSR count). The molecule has 0 bridgehead atoms. The van der Waals surface area contributed by atoms with E-state index >= 15 is 0 Å². The summed E-state index contributed by atoms with van der Waals surface area (Å²) in [4.78, 5) is 17.6. The first kappa shape index (κ1) is 35.4. The maximum Gasteiger partial charge on any atom is 2.00 e. The van der Waals surface area contributed by atoms with Gasteiger partial charge in [0, 0.05) is 34.3 Å². The van der Waals surface area contributed by atoms with Crippen LogP contribution in [0.3, 0.4) is 0 Å². The van der Waals surface area contributed by atoms with E-state index in [1.165, 1.54) is 46.9 Å². The van der Waals surface area contributed by atoms with Gasteiger partial charge in [-0.1, -0.05) is 84.3 Å². The Morgan fingerprint density at radius 2 is 0.902 bits per heavy atom. The van der Waals surface area contributed by atoms with Crippen molar-refractivity contribution in [3.8, 4) is 34.0 Å². The minimum Gasteiger partial charge on any atom is -0.872 e. The molecule has 0 saturated carbocycles. The molecule has 0 spiro atoms. The van der Waals surface area contributed by atoms with Gasteiger partial charge in [0.25, 0.3) is 0 Å². The van der Waals surface area contributed by atoms with Crippen LogP contribution in [-0.2, 0) is 19.5 Å². The molecule has 0 unspecified atom stereocenters. The Balaban J connectivity index is 0.000000172. The topological polar surface area (TPSA) is 96.6 Å². The molecule has 11 heteroatoms. The maximum absolute atomic E-state index is 13.0. The molecule has 2 aromatic heterocycles. The molecule has 0 aliphatic heterocycles. The van der Waals surface area contributed by atoms with Gasteiger partial charge in [-0.05, 0) is 81.2 Å². The third-order valence-corrected chi connectivity index (χ3v) is 9.23. The van der Waals surface area contributed by atoms with E-state index in [2.05, 4.69) is 20.0 Å². The first-order chi connectivity index (χ1) is 24.4. The van der Waals surface area contributed by atoms with Crippen LogP contribution < -0.4 is 10.2 Å². The van der Waals surface area contributed by atoms with Gasteiger partial charge in [0.15, 0.2) is 0 Å². The number of rotatable bonds is 6. The largest absolute Gasteiger partial charge is 2.00 e. The fraction of sp³-hybridized carbons (Fsp3) is 0. The van der Waals surface area contributed by atoms with Crippen LogP contribution in [0, 0.1) is 11.6 Å². The zero-order chi connectivity index (χ0) is 34.5. The monoisotopic (exact) mass is 758 g/mol. The molecule has 0 amide bonds. The van der Waals surface area contributed by atoms with Gasteiger partial charge in [-0.15, -0.1) is 22.7 Å². The normalized spacial score (nSPS) is 11.2. The standard InChI is InChI=1S/2C20H13FN2OS.Zn/c2*21-15-8-5-14(6-9-15)18-12-25-20(23-18)22-11-17-16-4-2-1-3-13(16)7-10-19(17)24;/h2*1-12,24H;/q;;+2/p-2/b2*22-11+;. The molecule has 6 aromatic carbocycles. The Labute approximate surface area is 312 Å². The molecule has 0 aliphatic rings. The van der Waals surface area contributed by atoms with Gasteiger partial charge in [0.05, 0.1) is 11.4 Å². The quantitative estimate of drug-likeness (QED) is 0.125. The van der Waals surface area contributed by atoms with Gasteiger partial charge in [0.1, 0.15) is 11.6 Å². The first-order valence-corrected chi connectivity index (χ1v) is 17.1. The summed E-state index contributed by atoms with van der Waals surface area (Å²) in [6, 6.07) is 34.4. The third kappa shape index (κ3) is 8.29. The first-order valence-electron chi connectivity index (χ1n) is 15.3. The molecular weight excluding hydrogens is 736 g/mol. The Morgan fingerprint density at radius 1 is 0.510 bits per heavy atom. The van der Waals surface area contributed by atoms with Crippen LogP contribution in [0.2, 0.25) is 0 Å². The molecule has 244 valence electrons. The maximum atomic E-state index is 13.0. The number of fused-ring (bicyclic) bond motifs is 2. The molecule has 0 fully saturated rings. The van der Waals surface area contributed by atoms with E-state index < -0.39 is 0 Å². The number of aromatic nitrogens is 2. The van der Waals surface area contributed by atoms with Crippen molar-refractivity contribution in [3.05, 3.63) is 155 Å². The average Bonchev–Trinajstić information content (AvgIpc) is 3.82. The molecule has 2 heterocycles. The van der Waals surface area contributed by atoms with Gasteiger partial charge in [-0.2, -0.15) is 0 Å². The van der Waals surface area contributed by atoms with Crippen molar-refractivity contribution in [2.24, 2.45) is 9.98 Å². The Hall–Kier alpha value is -5.48. The summed E-state index contributed by atoms with van der Waals surface area (Å²) >= 11 is 2.75. The van der Waals surface area contributed by atoms with E-state index in [-0.39, 0.29) is 42.6 Å². The van der Waals surface area contributed by atoms with E-state index in [0.29, 0.717) is 21.4 Å². The Bertz CT molecular complexity index is 2320. The molecule has 0 N–H and O–H groups in total. The molecule has 51 heavy (non-hydrogen) atoms. The average molecular weight is 760 g/mol. The van der Waals surface area contributed by atoms with E-state index in [1.807, 2.05) is 71.4 Å². The van der Waals surface area contributed by atoms with Crippen molar-refractivity contribution in [2.45, 2.75) is 0 Å². The predicted molar refractivity (Wildman–Crippen MR) is 196 cm³/mol. The summed E-state index contributed by atoms with van der Waals surface area (Å²) in [5.41, 5.74) is 4.23. The van der Waals surface area contributed by atoms with Crippen LogP contribution in [0.15, 0.2) is 142 Å². The second-order valence-electron chi connectivity index (χ2n) is 11.0. The summed E-state index contributed by atoms with van der Waals surface area (Å²) in [5, 5.41) is 32.9. The summed E-state index contributed by atoms with van der Waals surface area (Å²) in [6.07, 6.45) is 3.13. The minimum absolute atomic E-state index is 0. The molecule has 0 saturated heterocycles. The molecule has 0 aliphatic carbocycles. The SMILES string of the molecule is [O-]c1ccc2ccccc2c1/C=N/c1nc(-c2ccc(F)cc2)cs1.[O-]c1ccc2ccccc2c1/C=N/c1nc(-c2ccc(F)cc2)cs1.[Zn+2]. The molecule has 8 aromatic rings. The molecule has 0 atom stereocenters. The predicted octanol–water partition coefficient (Wildman–Crippen LogP) is 9.85. The van der Waals surface area contributed by atoms with Crippen LogP contribution in [0.25, 0.3) is 44.1 Å².